The number of ether oxygens (including phenoxy) is 1. The first-order valence-corrected chi connectivity index (χ1v) is 9.27. The molecule has 0 unspecified atom stereocenters. The molecule has 0 saturated carbocycles. The number of hydrogen-bond acceptors (Lipinski definition) is 8. The molecule has 3 heterocycles. The Morgan fingerprint density at radius 3 is 3.04 bits per heavy atom. The molecule has 9 nitrogen and oxygen atoms in total. The van der Waals surface area contributed by atoms with Crippen LogP contribution in [0.5, 0.6) is 5.88 Å². The third-order valence-corrected chi connectivity index (χ3v) is 4.87. The molecule has 0 bridgehead atoms. The number of thiazole rings is 1. The number of anilines is 2. The average Bonchev–Trinajstić information content (AvgIpc) is 3.32. The number of aromatic nitrogens is 3. The summed E-state index contributed by atoms with van der Waals surface area (Å²) >= 11 is 7.11. The molecule has 1 aliphatic rings. The Morgan fingerprint density at radius 2 is 2.30 bits per heavy atom. The lowest BCUT2D eigenvalue weighted by Crippen LogP contribution is -2.32. The number of rotatable bonds is 6. The number of hydrogen-bond donors (Lipinski definition) is 2. The molecule has 0 aliphatic carbocycles. The lowest BCUT2D eigenvalue weighted by Gasteiger charge is -2.16. The van der Waals surface area contributed by atoms with Gasteiger partial charge >= 0.3 is 0 Å². The van der Waals surface area contributed by atoms with Gasteiger partial charge in [0.2, 0.25) is 17.7 Å². The molecule has 2 N–H and O–H groups in total. The molecular formula is C16H17ClN6O3S. The van der Waals surface area contributed by atoms with Gasteiger partial charge in [0.05, 0.1) is 13.3 Å². The fourth-order valence-corrected chi connectivity index (χ4v) is 3.41. The molecule has 3 rings (SSSR count). The number of amides is 2. The van der Waals surface area contributed by atoms with Crippen molar-refractivity contribution in [3.05, 3.63) is 34.9 Å². The van der Waals surface area contributed by atoms with Crippen LogP contribution in [0.25, 0.3) is 0 Å². The summed E-state index contributed by atoms with van der Waals surface area (Å²) in [7, 11) is 1.48. The van der Waals surface area contributed by atoms with Crippen LogP contribution in [0.3, 0.4) is 0 Å². The SMILES string of the molecule is C=CC(=O)Nc1nc(C(=O)N2CC[C@H](Nc3ncc(Cl)c(OC)n3)C2)cs1. The summed E-state index contributed by atoms with van der Waals surface area (Å²) in [5, 5.41) is 8.03. The number of carbonyl (C=O) groups excluding carboxylic acids is 2. The molecule has 1 saturated heterocycles. The zero-order chi connectivity index (χ0) is 19.4. The Hall–Kier alpha value is -2.72. The van der Waals surface area contributed by atoms with Gasteiger partial charge in [0.1, 0.15) is 10.7 Å². The molecular weight excluding hydrogens is 392 g/mol. The molecule has 0 spiro atoms. The van der Waals surface area contributed by atoms with E-state index < -0.39 is 0 Å². The third-order valence-electron chi connectivity index (χ3n) is 3.85. The van der Waals surface area contributed by atoms with E-state index in [4.69, 9.17) is 16.3 Å². The molecule has 0 aromatic carbocycles. The number of methoxy groups -OCH3 is 1. The van der Waals surface area contributed by atoms with Gasteiger partial charge in [-0.25, -0.2) is 9.97 Å². The summed E-state index contributed by atoms with van der Waals surface area (Å²) in [6.45, 7) is 4.44. The Kier molecular flexibility index (Phi) is 5.87. The zero-order valence-corrected chi connectivity index (χ0v) is 16.0. The van der Waals surface area contributed by atoms with Gasteiger partial charge in [-0.3, -0.25) is 14.9 Å². The van der Waals surface area contributed by atoms with Crippen LogP contribution in [0.4, 0.5) is 11.1 Å². The van der Waals surface area contributed by atoms with Crippen molar-refractivity contribution in [1.29, 1.82) is 0 Å². The second-order valence-electron chi connectivity index (χ2n) is 5.66. The summed E-state index contributed by atoms with van der Waals surface area (Å²) in [5.41, 5.74) is 0.296. The second kappa shape index (κ2) is 8.31. The van der Waals surface area contributed by atoms with E-state index in [-0.39, 0.29) is 23.7 Å². The van der Waals surface area contributed by atoms with Gasteiger partial charge in [0.15, 0.2) is 5.13 Å². The quantitative estimate of drug-likeness (QED) is 0.704. The van der Waals surface area contributed by atoms with E-state index in [1.54, 1.807) is 10.3 Å². The monoisotopic (exact) mass is 408 g/mol. The highest BCUT2D eigenvalue weighted by atomic mass is 35.5. The van der Waals surface area contributed by atoms with E-state index >= 15 is 0 Å². The number of carbonyl (C=O) groups is 2. The average molecular weight is 409 g/mol. The smallest absolute Gasteiger partial charge is 0.273 e. The largest absolute Gasteiger partial charge is 0.480 e. The molecule has 1 aliphatic heterocycles. The highest BCUT2D eigenvalue weighted by Crippen LogP contribution is 2.23. The van der Waals surface area contributed by atoms with Crippen LogP contribution in [0.2, 0.25) is 5.02 Å². The number of nitrogens with zero attached hydrogens (tertiary/aromatic N) is 4. The first kappa shape index (κ1) is 19.1. The van der Waals surface area contributed by atoms with Crippen molar-refractivity contribution in [3.63, 3.8) is 0 Å². The van der Waals surface area contributed by atoms with Crippen LogP contribution in [-0.2, 0) is 4.79 Å². The van der Waals surface area contributed by atoms with E-state index in [1.807, 2.05) is 0 Å². The molecule has 0 radical (unpaired) electrons. The van der Waals surface area contributed by atoms with E-state index in [0.29, 0.717) is 34.9 Å². The normalized spacial score (nSPS) is 16.1. The number of nitrogens with one attached hydrogen (secondary N) is 2. The van der Waals surface area contributed by atoms with Gasteiger partial charge in [-0.1, -0.05) is 18.2 Å². The van der Waals surface area contributed by atoms with Gasteiger partial charge in [0, 0.05) is 24.5 Å². The third kappa shape index (κ3) is 4.52. The predicted molar refractivity (Wildman–Crippen MR) is 102 cm³/mol. The van der Waals surface area contributed by atoms with Crippen LogP contribution in [0, 0.1) is 0 Å². The van der Waals surface area contributed by atoms with Crippen LogP contribution in [0.1, 0.15) is 16.9 Å². The van der Waals surface area contributed by atoms with Gasteiger partial charge in [-0.2, -0.15) is 4.98 Å². The molecule has 2 aromatic rings. The number of halogens is 1. The maximum absolute atomic E-state index is 12.6. The van der Waals surface area contributed by atoms with E-state index in [1.165, 1.54) is 24.6 Å². The minimum absolute atomic E-state index is 0.00148. The standard InChI is InChI=1S/C16H17ClN6O3S/c1-3-12(24)21-16-20-11(8-27-16)14(25)23-5-4-9(7-23)19-15-18-6-10(17)13(22-15)26-2/h3,6,8-9H,1,4-5,7H2,2H3,(H,18,19,22)(H,20,21,24)/t9-/m0/s1. The minimum atomic E-state index is -0.368. The Balaban J connectivity index is 1.59. The molecule has 11 heteroatoms. The molecule has 2 amide bonds. The van der Waals surface area contributed by atoms with Gasteiger partial charge in [-0.05, 0) is 12.5 Å². The molecule has 1 fully saturated rings. The first-order valence-electron chi connectivity index (χ1n) is 8.01. The summed E-state index contributed by atoms with van der Waals surface area (Å²) in [6, 6.07) is -0.00148. The highest BCUT2D eigenvalue weighted by molar-refractivity contribution is 7.14. The maximum Gasteiger partial charge on any atom is 0.273 e. The zero-order valence-electron chi connectivity index (χ0n) is 14.4. The van der Waals surface area contributed by atoms with Crippen molar-refractivity contribution in [2.75, 3.05) is 30.8 Å². The fourth-order valence-electron chi connectivity index (χ4n) is 2.56. The fraction of sp³-hybridized carbons (Fsp3) is 0.312. The summed E-state index contributed by atoms with van der Waals surface area (Å²) in [5.74, 6) is 0.117. The Morgan fingerprint density at radius 1 is 1.48 bits per heavy atom. The minimum Gasteiger partial charge on any atom is -0.480 e. The van der Waals surface area contributed by atoms with Crippen molar-refractivity contribution < 1.29 is 14.3 Å². The predicted octanol–water partition coefficient (Wildman–Crippen LogP) is 2.05. The van der Waals surface area contributed by atoms with Crippen molar-refractivity contribution in [3.8, 4) is 5.88 Å². The lowest BCUT2D eigenvalue weighted by molar-refractivity contribution is -0.111. The van der Waals surface area contributed by atoms with E-state index in [2.05, 4.69) is 32.2 Å². The first-order chi connectivity index (χ1) is 13.0. The second-order valence-corrected chi connectivity index (χ2v) is 6.93. The molecule has 142 valence electrons. The summed E-state index contributed by atoms with van der Waals surface area (Å²) < 4.78 is 5.07. The van der Waals surface area contributed by atoms with E-state index in [9.17, 15) is 9.59 Å². The van der Waals surface area contributed by atoms with Crippen LogP contribution in [-0.4, -0.2) is 57.9 Å². The van der Waals surface area contributed by atoms with Crippen molar-refractivity contribution in [1.82, 2.24) is 19.9 Å². The molecule has 27 heavy (non-hydrogen) atoms. The van der Waals surface area contributed by atoms with Gasteiger partial charge in [0.25, 0.3) is 5.91 Å². The van der Waals surface area contributed by atoms with Crippen molar-refractivity contribution >= 4 is 45.8 Å². The number of likely N-dealkylation sites (tertiary alicyclic amines) is 1. The Bertz CT molecular complexity index is 874. The van der Waals surface area contributed by atoms with Crippen molar-refractivity contribution in [2.24, 2.45) is 0 Å². The Labute approximate surface area is 164 Å². The van der Waals surface area contributed by atoms with Gasteiger partial charge < -0.3 is 15.0 Å². The van der Waals surface area contributed by atoms with Crippen LogP contribution >= 0.6 is 22.9 Å². The molecule has 1 atom stereocenters. The highest BCUT2D eigenvalue weighted by Gasteiger charge is 2.29. The maximum atomic E-state index is 12.6. The van der Waals surface area contributed by atoms with E-state index in [0.717, 1.165) is 12.5 Å². The van der Waals surface area contributed by atoms with Crippen LogP contribution in [0.15, 0.2) is 24.2 Å². The summed E-state index contributed by atoms with van der Waals surface area (Å²) in [6.07, 6.45) is 3.35. The topological polar surface area (TPSA) is 109 Å². The lowest BCUT2D eigenvalue weighted by atomic mass is 10.3. The summed E-state index contributed by atoms with van der Waals surface area (Å²) in [4.78, 5) is 38.1. The van der Waals surface area contributed by atoms with Crippen LogP contribution < -0.4 is 15.4 Å². The molecule has 2 aromatic heterocycles. The van der Waals surface area contributed by atoms with Crippen molar-refractivity contribution in [2.45, 2.75) is 12.5 Å². The van der Waals surface area contributed by atoms with Gasteiger partial charge in [-0.15, -0.1) is 11.3 Å².